The van der Waals surface area contributed by atoms with Crippen LogP contribution < -0.4 is 0 Å². The van der Waals surface area contributed by atoms with E-state index in [0.717, 1.165) is 11.1 Å². The standard InChI is InChI=1S/C18H17N4.C17H32O2.Ir/c1-11-5-7-15(9-13(11)3)17-19-21-18(22-20-17)16-8-6-12(2)14(4)10-16;1-10(2)16(11(3)4)14(18)9-15(19)17(12(5)6)13(7)8;/h5-7,9-10H,1-4H3;9-13,16-18H,1-8H3;/q-1;;/b;14-9-;. The first-order chi connectivity index (χ1) is 19.1. The van der Waals surface area contributed by atoms with Crippen molar-refractivity contribution >= 4 is 5.78 Å². The van der Waals surface area contributed by atoms with E-state index in [-0.39, 0.29) is 43.5 Å². The van der Waals surface area contributed by atoms with Crippen molar-refractivity contribution in [1.29, 1.82) is 0 Å². The summed E-state index contributed by atoms with van der Waals surface area (Å²) >= 11 is 0. The van der Waals surface area contributed by atoms with Crippen LogP contribution in [0.4, 0.5) is 0 Å². The van der Waals surface area contributed by atoms with E-state index >= 15 is 0 Å². The van der Waals surface area contributed by atoms with E-state index in [0.29, 0.717) is 35.3 Å². The SMILES string of the molecule is CC(C)C(C(=O)/C=C(\O)C(C(C)C)C(C)C)C(C)C.Cc1c[c-]c(-c2nnc(-c3ccc(C)c(C)c3)nn2)cc1C.[Ir]. The Labute approximate surface area is 267 Å². The van der Waals surface area contributed by atoms with Crippen LogP contribution in [0, 0.1) is 69.3 Å². The fourth-order valence-corrected chi connectivity index (χ4v) is 5.35. The second kappa shape index (κ2) is 16.8. The summed E-state index contributed by atoms with van der Waals surface area (Å²) in [5, 5.41) is 27.1. The summed E-state index contributed by atoms with van der Waals surface area (Å²) in [5.74, 6) is 2.66. The van der Waals surface area contributed by atoms with Crippen LogP contribution in [-0.2, 0) is 24.9 Å². The number of carbonyl (C=O) groups excluding carboxylic acids is 1. The molecule has 0 aliphatic carbocycles. The number of hydrogen-bond donors (Lipinski definition) is 1. The number of benzene rings is 2. The fraction of sp³-hybridized carbons (Fsp3) is 0.514. The van der Waals surface area contributed by atoms with Crippen molar-refractivity contribution in [2.45, 2.75) is 83.1 Å². The number of aliphatic hydroxyl groups excluding tert-OH is 1. The molecule has 0 aliphatic heterocycles. The molecule has 0 fully saturated rings. The van der Waals surface area contributed by atoms with Gasteiger partial charge in [-0.2, -0.15) is 10.2 Å². The molecule has 7 heteroatoms. The van der Waals surface area contributed by atoms with Crippen LogP contribution in [0.1, 0.15) is 77.6 Å². The maximum absolute atomic E-state index is 12.3. The fourth-order valence-electron chi connectivity index (χ4n) is 5.35. The summed E-state index contributed by atoms with van der Waals surface area (Å²) in [6.45, 7) is 24.9. The van der Waals surface area contributed by atoms with E-state index in [1.807, 2.05) is 18.2 Å². The van der Waals surface area contributed by atoms with Crippen molar-refractivity contribution < 1.29 is 30.0 Å². The number of aryl methyl sites for hydroxylation is 4. The number of aliphatic hydroxyl groups is 1. The molecule has 0 bridgehead atoms. The van der Waals surface area contributed by atoms with Crippen molar-refractivity contribution in [2.75, 3.05) is 0 Å². The summed E-state index contributed by atoms with van der Waals surface area (Å²) in [7, 11) is 0. The molecule has 0 saturated carbocycles. The minimum absolute atomic E-state index is 0. The molecule has 1 heterocycles. The second-order valence-electron chi connectivity index (χ2n) is 12.6. The minimum Gasteiger partial charge on any atom is -0.512 e. The van der Waals surface area contributed by atoms with E-state index in [4.69, 9.17) is 0 Å². The number of hydrogen-bond acceptors (Lipinski definition) is 6. The monoisotopic (exact) mass is 750 g/mol. The molecule has 231 valence electrons. The average molecular weight is 750 g/mol. The normalized spacial score (nSPS) is 11.8. The van der Waals surface area contributed by atoms with Gasteiger partial charge in [-0.15, -0.1) is 45.1 Å². The Kier molecular flexibility index (Phi) is 14.9. The van der Waals surface area contributed by atoms with E-state index < -0.39 is 0 Å². The third-order valence-corrected chi connectivity index (χ3v) is 7.75. The number of allylic oxidation sites excluding steroid dienone is 2. The van der Waals surface area contributed by atoms with Gasteiger partial charge in [0, 0.05) is 43.6 Å². The van der Waals surface area contributed by atoms with Gasteiger partial charge in [-0.05, 0) is 54.7 Å². The van der Waals surface area contributed by atoms with Crippen molar-refractivity contribution in [1.82, 2.24) is 20.4 Å². The molecule has 1 radical (unpaired) electrons. The van der Waals surface area contributed by atoms with Gasteiger partial charge in [-0.25, -0.2) is 0 Å². The van der Waals surface area contributed by atoms with Gasteiger partial charge in [-0.3, -0.25) is 4.79 Å². The van der Waals surface area contributed by atoms with Crippen molar-refractivity contribution in [3.63, 3.8) is 0 Å². The summed E-state index contributed by atoms with van der Waals surface area (Å²) in [4.78, 5) is 12.3. The predicted octanol–water partition coefficient (Wildman–Crippen LogP) is 8.49. The third-order valence-electron chi connectivity index (χ3n) is 7.75. The van der Waals surface area contributed by atoms with Gasteiger partial charge in [0.15, 0.2) is 5.78 Å². The Morgan fingerprint density at radius 2 is 1.17 bits per heavy atom. The van der Waals surface area contributed by atoms with Crippen molar-refractivity contribution in [2.24, 2.45) is 35.5 Å². The van der Waals surface area contributed by atoms with Crippen LogP contribution in [0.15, 0.2) is 42.2 Å². The summed E-state index contributed by atoms with van der Waals surface area (Å²) in [6, 6.07) is 13.2. The van der Waals surface area contributed by atoms with E-state index in [9.17, 15) is 9.90 Å². The molecule has 1 N–H and O–H groups in total. The molecule has 0 spiro atoms. The van der Waals surface area contributed by atoms with Gasteiger partial charge in [0.1, 0.15) is 5.82 Å². The number of nitrogens with zero attached hydrogens (tertiary/aromatic N) is 4. The Morgan fingerprint density at radius 1 is 0.690 bits per heavy atom. The molecule has 3 aromatic rings. The van der Waals surface area contributed by atoms with Crippen LogP contribution in [0.2, 0.25) is 0 Å². The first-order valence-corrected chi connectivity index (χ1v) is 14.7. The number of carbonyl (C=O) groups is 1. The Balaban J connectivity index is 0.000000416. The Morgan fingerprint density at radius 3 is 1.62 bits per heavy atom. The quantitative estimate of drug-likeness (QED) is 0.134. The third kappa shape index (κ3) is 10.2. The number of ketones is 1. The van der Waals surface area contributed by atoms with E-state index in [2.05, 4.69) is 122 Å². The molecular weight excluding hydrogens is 701 g/mol. The molecule has 42 heavy (non-hydrogen) atoms. The maximum Gasteiger partial charge on any atom is 0.201 e. The van der Waals surface area contributed by atoms with Gasteiger partial charge in [0.2, 0.25) is 5.82 Å². The van der Waals surface area contributed by atoms with Crippen LogP contribution in [0.3, 0.4) is 0 Å². The van der Waals surface area contributed by atoms with Crippen molar-refractivity contribution in [3.8, 4) is 22.8 Å². The zero-order chi connectivity index (χ0) is 31.0. The zero-order valence-electron chi connectivity index (χ0n) is 27.4. The van der Waals surface area contributed by atoms with Gasteiger partial charge in [0.05, 0.1) is 5.76 Å². The zero-order valence-corrected chi connectivity index (χ0v) is 29.8. The summed E-state index contributed by atoms with van der Waals surface area (Å²) in [6.07, 6.45) is 1.48. The molecular formula is C35H49IrN4O2-. The molecule has 6 nitrogen and oxygen atoms in total. The number of aromatic nitrogens is 4. The van der Waals surface area contributed by atoms with Crippen LogP contribution in [0.25, 0.3) is 22.8 Å². The molecule has 0 aliphatic rings. The first kappa shape index (κ1) is 37.3. The predicted molar refractivity (Wildman–Crippen MR) is 168 cm³/mol. The Bertz CT molecular complexity index is 1240. The molecule has 1 aromatic heterocycles. The number of rotatable bonds is 9. The molecule has 3 rings (SSSR count). The van der Waals surface area contributed by atoms with Crippen molar-refractivity contribution in [3.05, 3.63) is 70.5 Å². The molecule has 0 unspecified atom stereocenters. The van der Waals surface area contributed by atoms with Crippen LogP contribution in [-0.4, -0.2) is 31.3 Å². The largest absolute Gasteiger partial charge is 0.512 e. The molecule has 0 atom stereocenters. The van der Waals surface area contributed by atoms with E-state index in [1.54, 1.807) is 0 Å². The molecule has 2 aromatic carbocycles. The summed E-state index contributed by atoms with van der Waals surface area (Å²) in [5.41, 5.74) is 6.55. The molecule has 0 amide bonds. The van der Waals surface area contributed by atoms with E-state index in [1.165, 1.54) is 28.3 Å². The maximum atomic E-state index is 12.3. The van der Waals surface area contributed by atoms with Crippen LogP contribution >= 0.6 is 0 Å². The van der Waals surface area contributed by atoms with Gasteiger partial charge in [-0.1, -0.05) is 81.4 Å². The topological polar surface area (TPSA) is 88.9 Å². The van der Waals surface area contributed by atoms with Crippen LogP contribution in [0.5, 0.6) is 0 Å². The second-order valence-corrected chi connectivity index (χ2v) is 12.6. The smallest absolute Gasteiger partial charge is 0.201 e. The Hall–Kier alpha value is -2.76. The minimum atomic E-state index is -0.0119. The molecule has 0 saturated heterocycles. The van der Waals surface area contributed by atoms with Gasteiger partial charge in [0.25, 0.3) is 0 Å². The first-order valence-electron chi connectivity index (χ1n) is 14.7. The van der Waals surface area contributed by atoms with Gasteiger partial charge >= 0.3 is 0 Å². The van der Waals surface area contributed by atoms with Gasteiger partial charge < -0.3 is 5.11 Å². The average Bonchev–Trinajstić information content (AvgIpc) is 2.87. The summed E-state index contributed by atoms with van der Waals surface area (Å²) < 4.78 is 0.